The number of benzene rings is 2. The standard InChI is InChI=1S/C27H31F3N4O2S/c1-26(2)18-33(21-6-9-23(10-7-21)37(35,36)27(28,29)30)19-34(26)17-20-12-13-31-25-16-22(8-11-24(20)25)32-14-4-3-5-15-32/h6-13,16H,3-5,14-15,17-19H2,1-2H3. The molecule has 2 aliphatic heterocycles. The van der Waals surface area contributed by atoms with Crippen LogP contribution in [0.2, 0.25) is 0 Å². The predicted molar refractivity (Wildman–Crippen MR) is 139 cm³/mol. The lowest BCUT2D eigenvalue weighted by molar-refractivity contribution is -0.0436. The van der Waals surface area contributed by atoms with Crippen molar-refractivity contribution in [2.75, 3.05) is 36.1 Å². The van der Waals surface area contributed by atoms with Crippen molar-refractivity contribution >= 4 is 32.1 Å². The van der Waals surface area contributed by atoms with Crippen molar-refractivity contribution in [3.63, 3.8) is 0 Å². The molecule has 0 atom stereocenters. The molecule has 2 aromatic carbocycles. The number of pyridine rings is 1. The minimum Gasteiger partial charge on any atom is -0.371 e. The SMILES string of the molecule is CC1(C)CN(c2ccc(S(=O)(=O)C(F)(F)F)cc2)CN1Cc1ccnc2cc(N3CCCCC3)ccc12. The first-order valence-corrected chi connectivity index (χ1v) is 14.0. The van der Waals surface area contributed by atoms with Crippen LogP contribution in [0.25, 0.3) is 10.9 Å². The molecule has 0 saturated carbocycles. The first kappa shape index (κ1) is 25.8. The van der Waals surface area contributed by atoms with E-state index in [1.54, 1.807) is 0 Å². The molecule has 0 unspecified atom stereocenters. The van der Waals surface area contributed by atoms with Crippen molar-refractivity contribution in [3.05, 3.63) is 60.3 Å². The van der Waals surface area contributed by atoms with Gasteiger partial charge in [-0.15, -0.1) is 0 Å². The summed E-state index contributed by atoms with van der Waals surface area (Å²) in [5.74, 6) is 0. The van der Waals surface area contributed by atoms with Gasteiger partial charge in [-0.3, -0.25) is 9.88 Å². The average Bonchev–Trinajstić information content (AvgIpc) is 3.17. The van der Waals surface area contributed by atoms with Crippen LogP contribution < -0.4 is 9.80 Å². The van der Waals surface area contributed by atoms with E-state index in [0.29, 0.717) is 25.4 Å². The largest absolute Gasteiger partial charge is 0.501 e. The third-order valence-electron chi connectivity index (χ3n) is 7.49. The molecule has 2 saturated heterocycles. The van der Waals surface area contributed by atoms with Gasteiger partial charge in [0.05, 0.1) is 17.1 Å². The molecule has 0 aliphatic carbocycles. The minimum absolute atomic E-state index is 0.208. The van der Waals surface area contributed by atoms with Gasteiger partial charge in [0.1, 0.15) is 0 Å². The summed E-state index contributed by atoms with van der Waals surface area (Å²) in [5, 5.41) is 1.11. The Morgan fingerprint density at radius 2 is 1.59 bits per heavy atom. The van der Waals surface area contributed by atoms with Crippen LogP contribution in [0.1, 0.15) is 38.7 Å². The van der Waals surface area contributed by atoms with E-state index in [9.17, 15) is 21.6 Å². The zero-order valence-electron chi connectivity index (χ0n) is 21.0. The van der Waals surface area contributed by atoms with Crippen LogP contribution in [0.5, 0.6) is 0 Å². The van der Waals surface area contributed by atoms with E-state index < -0.39 is 20.2 Å². The maximum Gasteiger partial charge on any atom is 0.501 e. The zero-order chi connectivity index (χ0) is 26.4. The normalized spacial score (nSPS) is 19.1. The maximum atomic E-state index is 12.9. The molecule has 0 bridgehead atoms. The number of halogens is 3. The monoisotopic (exact) mass is 532 g/mol. The number of fused-ring (bicyclic) bond motifs is 1. The van der Waals surface area contributed by atoms with Crippen LogP contribution in [0.4, 0.5) is 24.5 Å². The van der Waals surface area contributed by atoms with Crippen LogP contribution in [0.15, 0.2) is 59.6 Å². The second-order valence-electron chi connectivity index (χ2n) is 10.5. The van der Waals surface area contributed by atoms with Crippen molar-refractivity contribution < 1.29 is 21.6 Å². The first-order valence-electron chi connectivity index (χ1n) is 12.5. The zero-order valence-corrected chi connectivity index (χ0v) is 21.8. The number of hydrogen-bond donors (Lipinski definition) is 0. The Morgan fingerprint density at radius 3 is 2.27 bits per heavy atom. The van der Waals surface area contributed by atoms with Crippen LogP contribution in [-0.4, -0.2) is 55.7 Å². The molecular weight excluding hydrogens is 501 g/mol. The summed E-state index contributed by atoms with van der Waals surface area (Å²) in [6.45, 7) is 8.32. The lowest BCUT2D eigenvalue weighted by atomic mass is 10.0. The molecule has 0 N–H and O–H groups in total. The van der Waals surface area contributed by atoms with Crippen LogP contribution >= 0.6 is 0 Å². The molecule has 6 nitrogen and oxygen atoms in total. The van der Waals surface area contributed by atoms with E-state index in [1.165, 1.54) is 37.1 Å². The highest BCUT2D eigenvalue weighted by Crippen LogP contribution is 2.35. The van der Waals surface area contributed by atoms with Crippen LogP contribution in [0, 0.1) is 0 Å². The van der Waals surface area contributed by atoms with Gasteiger partial charge < -0.3 is 9.80 Å². The van der Waals surface area contributed by atoms with E-state index in [1.807, 2.05) is 12.3 Å². The van der Waals surface area contributed by atoms with Gasteiger partial charge >= 0.3 is 5.51 Å². The van der Waals surface area contributed by atoms with E-state index in [-0.39, 0.29) is 5.54 Å². The predicted octanol–water partition coefficient (Wildman–Crippen LogP) is 5.58. The highest BCUT2D eigenvalue weighted by molar-refractivity contribution is 7.92. The molecule has 37 heavy (non-hydrogen) atoms. The highest BCUT2D eigenvalue weighted by atomic mass is 32.2. The molecule has 5 rings (SSSR count). The number of piperidine rings is 1. The molecule has 1 aromatic heterocycles. The molecule has 3 heterocycles. The number of sulfone groups is 1. The summed E-state index contributed by atoms with van der Waals surface area (Å²) >= 11 is 0. The summed E-state index contributed by atoms with van der Waals surface area (Å²) < 4.78 is 62.1. The van der Waals surface area contributed by atoms with Crippen molar-refractivity contribution in [1.82, 2.24) is 9.88 Å². The highest BCUT2D eigenvalue weighted by Gasteiger charge is 2.47. The van der Waals surface area contributed by atoms with Gasteiger partial charge in [0.15, 0.2) is 0 Å². The summed E-state index contributed by atoms with van der Waals surface area (Å²) in [6.07, 6.45) is 5.56. The van der Waals surface area contributed by atoms with Gasteiger partial charge in [-0.05, 0) is 81.1 Å². The Labute approximate surface area is 215 Å². The van der Waals surface area contributed by atoms with E-state index >= 15 is 0 Å². The number of anilines is 2. The summed E-state index contributed by atoms with van der Waals surface area (Å²) in [7, 11) is -5.36. The van der Waals surface area contributed by atoms with Gasteiger partial charge in [0.2, 0.25) is 0 Å². The molecule has 2 aliphatic rings. The summed E-state index contributed by atoms with van der Waals surface area (Å²) in [5.41, 5.74) is -1.50. The molecule has 0 amide bonds. The van der Waals surface area contributed by atoms with Gasteiger partial charge in [0.25, 0.3) is 9.84 Å². The van der Waals surface area contributed by atoms with Gasteiger partial charge in [-0.1, -0.05) is 6.07 Å². The van der Waals surface area contributed by atoms with Gasteiger partial charge in [-0.2, -0.15) is 13.2 Å². The third-order valence-corrected chi connectivity index (χ3v) is 8.99. The topological polar surface area (TPSA) is 56.8 Å². The molecule has 10 heteroatoms. The molecular formula is C27H31F3N4O2S. The molecule has 198 valence electrons. The fraction of sp³-hybridized carbons (Fsp3) is 0.444. The molecule has 3 aromatic rings. The minimum atomic E-state index is -5.36. The Morgan fingerprint density at radius 1 is 0.919 bits per heavy atom. The molecule has 0 radical (unpaired) electrons. The number of rotatable bonds is 5. The second kappa shape index (κ2) is 9.47. The van der Waals surface area contributed by atoms with Crippen molar-refractivity contribution in [2.45, 2.75) is 55.6 Å². The number of aromatic nitrogens is 1. The Hall–Kier alpha value is -2.85. The lowest BCUT2D eigenvalue weighted by Crippen LogP contribution is -2.39. The van der Waals surface area contributed by atoms with Gasteiger partial charge in [0, 0.05) is 54.7 Å². The van der Waals surface area contributed by atoms with E-state index in [0.717, 1.165) is 41.7 Å². The van der Waals surface area contributed by atoms with E-state index in [2.05, 4.69) is 51.7 Å². The van der Waals surface area contributed by atoms with Crippen LogP contribution in [-0.2, 0) is 16.4 Å². The van der Waals surface area contributed by atoms with Crippen LogP contribution in [0.3, 0.4) is 0 Å². The fourth-order valence-electron chi connectivity index (χ4n) is 5.31. The van der Waals surface area contributed by atoms with Gasteiger partial charge in [-0.25, -0.2) is 8.42 Å². The number of nitrogens with zero attached hydrogens (tertiary/aromatic N) is 4. The average molecular weight is 533 g/mol. The second-order valence-corrected chi connectivity index (χ2v) is 12.5. The molecule has 2 fully saturated rings. The number of hydrogen-bond acceptors (Lipinski definition) is 6. The Bertz CT molecular complexity index is 1390. The molecule has 0 spiro atoms. The Balaban J connectivity index is 1.35. The Kier molecular flexibility index (Phi) is 6.60. The van der Waals surface area contributed by atoms with Crippen molar-refractivity contribution in [2.24, 2.45) is 0 Å². The summed E-state index contributed by atoms with van der Waals surface area (Å²) in [4.78, 5) is 10.7. The number of alkyl halides is 3. The van der Waals surface area contributed by atoms with Crippen molar-refractivity contribution in [1.29, 1.82) is 0 Å². The fourth-order valence-corrected chi connectivity index (χ4v) is 6.07. The quantitative estimate of drug-likeness (QED) is 0.428. The van der Waals surface area contributed by atoms with Crippen molar-refractivity contribution in [3.8, 4) is 0 Å². The summed E-state index contributed by atoms with van der Waals surface area (Å²) in [6, 6.07) is 13.5. The maximum absolute atomic E-state index is 12.9. The first-order chi connectivity index (χ1) is 17.5. The van der Waals surface area contributed by atoms with E-state index in [4.69, 9.17) is 0 Å². The third kappa shape index (κ3) is 5.01. The smallest absolute Gasteiger partial charge is 0.371 e. The lowest BCUT2D eigenvalue weighted by Gasteiger charge is -2.30.